The lowest BCUT2D eigenvalue weighted by Gasteiger charge is -2.43. The van der Waals surface area contributed by atoms with Gasteiger partial charge in [-0.1, -0.05) is 49.2 Å². The summed E-state index contributed by atoms with van der Waals surface area (Å²) >= 11 is 12.6. The summed E-state index contributed by atoms with van der Waals surface area (Å²) in [6.45, 7) is 7.86. The Kier molecular flexibility index (Phi) is 13.1. The molecule has 1 aliphatic carbocycles. The molecule has 3 aliphatic heterocycles. The van der Waals surface area contributed by atoms with Crippen molar-refractivity contribution in [3.05, 3.63) is 97.0 Å². The van der Waals surface area contributed by atoms with Crippen LogP contribution in [0.3, 0.4) is 0 Å². The van der Waals surface area contributed by atoms with E-state index in [2.05, 4.69) is 84.0 Å². The van der Waals surface area contributed by atoms with Gasteiger partial charge in [-0.2, -0.15) is 0 Å². The van der Waals surface area contributed by atoms with Gasteiger partial charge in [0.15, 0.2) is 0 Å². The molecule has 14 heteroatoms. The Morgan fingerprint density at radius 2 is 1.77 bits per heavy atom. The number of carbonyl (C=O) groups is 2. The van der Waals surface area contributed by atoms with Gasteiger partial charge >= 0.3 is 5.97 Å². The first-order chi connectivity index (χ1) is 26.5. The number of fused-ring (bicyclic) bond motifs is 5. The normalized spacial score (nSPS) is 22.1. The van der Waals surface area contributed by atoms with Crippen molar-refractivity contribution in [2.45, 2.75) is 82.2 Å². The quantitative estimate of drug-likeness (QED) is 0.232. The number of hydrogen-bond donors (Lipinski definition) is 1. The van der Waals surface area contributed by atoms with Gasteiger partial charge in [-0.3, -0.25) is 14.5 Å². The smallest absolute Gasteiger partial charge is 0.310 e. The maximum absolute atomic E-state index is 13.1. The van der Waals surface area contributed by atoms with Crippen LogP contribution in [0, 0.1) is 16.2 Å². The number of nitrogens with zero attached hydrogens (tertiary/aromatic N) is 3. The number of rotatable bonds is 10. The minimum Gasteiger partial charge on any atom is -0.469 e. The fourth-order valence-electron chi connectivity index (χ4n) is 9.47. The van der Waals surface area contributed by atoms with Crippen LogP contribution in [0.25, 0.3) is 6.08 Å². The van der Waals surface area contributed by atoms with Gasteiger partial charge in [-0.15, -0.1) is 10.2 Å². The second-order valence-electron chi connectivity index (χ2n) is 16.0. The van der Waals surface area contributed by atoms with E-state index in [1.165, 1.54) is 45.6 Å². The first kappa shape index (κ1) is 42.3. The topological polar surface area (TPSA) is 157 Å². The van der Waals surface area contributed by atoms with E-state index in [1.54, 1.807) is 0 Å². The molecule has 2 fully saturated rings. The molecule has 302 valence electrons. The lowest BCUT2D eigenvalue weighted by molar-refractivity contribution is -2.00. The SMILES string of the molecule is COC(=O)[C@@H]1C2CCC(C[C@@H]1c1ccc(Cl)c(Cl)c1)N2CCNC(=O)CCC[N+]1=c2cc3c(cc2CCC1)=Cc1ccc(N(C)C)cc1C3(C)C.[O-][Cl+3]([O-])([O-])[O-]. The molecule has 1 amide bonds. The van der Waals surface area contributed by atoms with E-state index in [9.17, 15) is 9.59 Å². The Hall–Kier alpha value is -3.26. The minimum absolute atomic E-state index is 0.0249. The van der Waals surface area contributed by atoms with Crippen molar-refractivity contribution < 1.29 is 43.2 Å². The zero-order chi connectivity index (χ0) is 40.5. The third-order valence-electron chi connectivity index (χ3n) is 12.1. The molecule has 3 heterocycles. The maximum atomic E-state index is 13.1. The van der Waals surface area contributed by atoms with Crippen LogP contribution >= 0.6 is 23.2 Å². The number of hydrogen-bond acceptors (Lipinski definition) is 9. The van der Waals surface area contributed by atoms with Gasteiger partial charge in [0, 0.05) is 87.2 Å². The number of methoxy groups -OCH3 is 1. The summed E-state index contributed by atoms with van der Waals surface area (Å²) in [5.74, 6) is -0.357. The van der Waals surface area contributed by atoms with Crippen molar-refractivity contribution in [3.8, 4) is 0 Å². The summed E-state index contributed by atoms with van der Waals surface area (Å²) in [6.07, 6.45) is 8.69. The van der Waals surface area contributed by atoms with E-state index < -0.39 is 10.2 Å². The molecule has 11 nitrogen and oxygen atoms in total. The molecule has 4 atom stereocenters. The molecule has 0 aromatic heterocycles. The van der Waals surface area contributed by atoms with Crippen LogP contribution in [0.1, 0.15) is 86.1 Å². The van der Waals surface area contributed by atoms with Gasteiger partial charge in [0.2, 0.25) is 11.3 Å². The number of benzene rings is 3. The van der Waals surface area contributed by atoms with Crippen molar-refractivity contribution >= 4 is 46.8 Å². The second kappa shape index (κ2) is 17.3. The van der Waals surface area contributed by atoms with Crippen molar-refractivity contribution in [3.63, 3.8) is 0 Å². The molecule has 56 heavy (non-hydrogen) atoms. The van der Waals surface area contributed by atoms with Gasteiger partial charge < -0.3 is 15.0 Å². The zero-order valence-electron chi connectivity index (χ0n) is 32.6. The predicted molar refractivity (Wildman–Crippen MR) is 207 cm³/mol. The molecule has 2 unspecified atom stereocenters. The van der Waals surface area contributed by atoms with Crippen LogP contribution in [-0.4, -0.2) is 76.2 Å². The largest absolute Gasteiger partial charge is 0.469 e. The van der Waals surface area contributed by atoms with E-state index in [1.807, 2.05) is 18.2 Å². The Morgan fingerprint density at radius 1 is 1.02 bits per heavy atom. The average molecular weight is 830 g/mol. The summed E-state index contributed by atoms with van der Waals surface area (Å²) in [6, 6.07) is 17.8. The monoisotopic (exact) mass is 828 g/mol. The van der Waals surface area contributed by atoms with E-state index >= 15 is 0 Å². The summed E-state index contributed by atoms with van der Waals surface area (Å²) < 4.78 is 41.8. The maximum Gasteiger partial charge on any atom is 0.310 e. The summed E-state index contributed by atoms with van der Waals surface area (Å²) in [7, 11) is 0.716. The molecule has 0 spiro atoms. The molecular weight excluding hydrogens is 779 g/mol. The number of aryl methyl sites for hydroxylation is 1. The molecule has 0 saturated carbocycles. The van der Waals surface area contributed by atoms with Gasteiger partial charge in [0.05, 0.1) is 23.1 Å². The molecule has 4 aliphatic rings. The first-order valence-electron chi connectivity index (χ1n) is 19.2. The van der Waals surface area contributed by atoms with Gasteiger partial charge in [0.25, 0.3) is 0 Å². The Labute approximate surface area is 340 Å². The third kappa shape index (κ3) is 9.37. The predicted octanol–water partition coefficient (Wildman–Crippen LogP) is 0.915. The van der Waals surface area contributed by atoms with E-state index in [0.717, 1.165) is 63.7 Å². The highest BCUT2D eigenvalue weighted by molar-refractivity contribution is 6.42. The van der Waals surface area contributed by atoms with Crippen LogP contribution in [0.5, 0.6) is 0 Å². The van der Waals surface area contributed by atoms with Crippen LogP contribution in [0.2, 0.25) is 10.0 Å². The third-order valence-corrected chi connectivity index (χ3v) is 12.8. The number of halogens is 3. The number of piperidine rings is 1. The van der Waals surface area contributed by atoms with Gasteiger partial charge in [0.1, 0.15) is 13.1 Å². The van der Waals surface area contributed by atoms with Gasteiger partial charge in [-0.25, -0.2) is 23.2 Å². The highest BCUT2D eigenvalue weighted by Gasteiger charge is 2.50. The molecular formula is C42H51Cl3N4O7. The Balaban J connectivity index is 0.00000100. The number of esters is 1. The fraction of sp³-hybridized carbons (Fsp3) is 0.500. The standard InChI is InChI=1S/C42H50Cl2N4O3.ClHO4/c1-42(2)33-24-30(46(3)4)12-10-27(33)20-29-21-28-8-6-17-47(38(28)25-34(29)42)18-7-9-39(49)45-16-19-48-31-13-15-37(48)40(41(50)51-5)32(23-31)26-11-14-35(43)36(44)22-26;2-1(3,4)5/h10-12,14,20-22,24-25,31-32,37,40H,6-9,13,15-19,23H2,1-5H3;(H,2,3,4,5)/t31?,32-,37?,40+;/m1./s1. The van der Waals surface area contributed by atoms with E-state index in [-0.39, 0.29) is 35.2 Å². The lowest BCUT2D eigenvalue weighted by atomic mass is 9.71. The van der Waals surface area contributed by atoms with Crippen molar-refractivity contribution in [2.75, 3.05) is 52.3 Å². The van der Waals surface area contributed by atoms with Crippen LogP contribution in [-0.2, 0) is 26.2 Å². The van der Waals surface area contributed by atoms with E-state index in [4.69, 9.17) is 46.6 Å². The molecule has 7 rings (SSSR count). The second-order valence-corrected chi connectivity index (χ2v) is 17.6. The van der Waals surface area contributed by atoms with Crippen LogP contribution in [0.15, 0.2) is 48.5 Å². The summed E-state index contributed by atoms with van der Waals surface area (Å²) in [5, 5.41) is 6.86. The molecule has 2 saturated heterocycles. The molecule has 1 N–H and O–H groups in total. The molecule has 0 radical (unpaired) electrons. The van der Waals surface area contributed by atoms with Crippen LogP contribution in [0.4, 0.5) is 5.69 Å². The Bertz CT molecular complexity index is 2080. The average Bonchev–Trinajstić information content (AvgIpc) is 3.40. The van der Waals surface area contributed by atoms with Crippen molar-refractivity contribution in [1.82, 2.24) is 14.8 Å². The number of carbonyl (C=O) groups excluding carboxylic acids is 2. The van der Waals surface area contributed by atoms with Crippen molar-refractivity contribution in [2.24, 2.45) is 5.92 Å². The molecule has 3 aromatic rings. The van der Waals surface area contributed by atoms with Gasteiger partial charge in [-0.05, 0) is 89.6 Å². The first-order valence-corrected chi connectivity index (χ1v) is 21.2. The Morgan fingerprint density at radius 3 is 2.46 bits per heavy atom. The number of amides is 1. The number of anilines is 1. The minimum atomic E-state index is -4.94. The van der Waals surface area contributed by atoms with Crippen LogP contribution < -0.4 is 44.0 Å². The van der Waals surface area contributed by atoms with E-state index in [0.29, 0.717) is 29.1 Å². The highest BCUT2D eigenvalue weighted by atomic mass is 35.7. The number of nitrogens with one attached hydrogen (secondary N) is 1. The fourth-order valence-corrected chi connectivity index (χ4v) is 9.78. The zero-order valence-corrected chi connectivity index (χ0v) is 34.9. The van der Waals surface area contributed by atoms with Crippen molar-refractivity contribution in [1.29, 1.82) is 0 Å². The highest BCUT2D eigenvalue weighted by Crippen LogP contribution is 2.48. The molecule has 2 bridgehead atoms. The molecule has 3 aromatic carbocycles. The summed E-state index contributed by atoms with van der Waals surface area (Å²) in [4.78, 5) is 30.8. The lowest BCUT2D eigenvalue weighted by Crippen LogP contribution is -2.68. The summed E-state index contributed by atoms with van der Waals surface area (Å²) in [5.41, 5.74) is 7.60. The number of ether oxygens (including phenoxy) is 1.